The highest BCUT2D eigenvalue weighted by atomic mass is 32.2. The lowest BCUT2D eigenvalue weighted by Crippen LogP contribution is -2.56. The zero-order chi connectivity index (χ0) is 20.2. The van der Waals surface area contributed by atoms with Gasteiger partial charge in [0.1, 0.15) is 4.21 Å². The summed E-state index contributed by atoms with van der Waals surface area (Å²) in [6, 6.07) is 3.66. The first-order valence-electron chi connectivity index (χ1n) is 11.2. The topological polar surface area (TPSA) is 66.5 Å². The Balaban J connectivity index is 1.19. The van der Waals surface area contributed by atoms with E-state index in [1.807, 2.05) is 0 Å². The fraction of sp³-hybridized carbons (Fsp3) is 0.773. The third kappa shape index (κ3) is 3.57. The van der Waals surface area contributed by atoms with Crippen molar-refractivity contribution in [2.24, 2.45) is 29.1 Å². The van der Waals surface area contributed by atoms with Crippen LogP contribution >= 0.6 is 11.3 Å². The minimum absolute atomic E-state index is 0.0684. The minimum Gasteiger partial charge on any atom is -0.353 e. The first-order valence-corrected chi connectivity index (χ1v) is 13.5. The second-order valence-corrected chi connectivity index (χ2v) is 13.2. The molecule has 0 radical (unpaired) electrons. The molecule has 1 aliphatic heterocycles. The molecule has 5 fully saturated rings. The summed E-state index contributed by atoms with van der Waals surface area (Å²) in [7, 11) is -3.40. The van der Waals surface area contributed by atoms with E-state index >= 15 is 0 Å². The number of hydrogen-bond donors (Lipinski definition) is 1. The summed E-state index contributed by atoms with van der Waals surface area (Å²) < 4.78 is 27.3. The van der Waals surface area contributed by atoms with E-state index in [9.17, 15) is 13.2 Å². The minimum atomic E-state index is -3.40. The van der Waals surface area contributed by atoms with Gasteiger partial charge >= 0.3 is 0 Å². The van der Waals surface area contributed by atoms with Gasteiger partial charge in [-0.05, 0) is 92.9 Å². The molecule has 1 aromatic heterocycles. The van der Waals surface area contributed by atoms with E-state index in [0.717, 1.165) is 17.8 Å². The first kappa shape index (κ1) is 20.0. The quantitative estimate of drug-likeness (QED) is 0.762. The number of carbonyl (C=O) groups is 1. The molecule has 4 bridgehead atoms. The van der Waals surface area contributed by atoms with Crippen LogP contribution in [0.3, 0.4) is 0 Å². The molecule has 1 aromatic rings. The molecular weight excluding hydrogens is 404 g/mol. The molecule has 1 saturated heterocycles. The molecule has 1 unspecified atom stereocenters. The van der Waals surface area contributed by atoms with E-state index in [2.05, 4.69) is 12.2 Å². The zero-order valence-corrected chi connectivity index (χ0v) is 18.8. The van der Waals surface area contributed by atoms with Gasteiger partial charge in [-0.3, -0.25) is 4.79 Å². The Kier molecular flexibility index (Phi) is 5.07. The van der Waals surface area contributed by atoms with Crippen LogP contribution in [0, 0.1) is 29.1 Å². The average molecular weight is 437 g/mol. The molecule has 1 atom stereocenters. The maximum atomic E-state index is 13.0. The summed E-state index contributed by atoms with van der Waals surface area (Å²) in [5.74, 6) is 2.71. The maximum Gasteiger partial charge on any atom is 0.252 e. The third-order valence-electron chi connectivity index (χ3n) is 8.28. The Morgan fingerprint density at radius 2 is 1.72 bits per heavy atom. The van der Waals surface area contributed by atoms with Crippen molar-refractivity contribution in [1.82, 2.24) is 9.62 Å². The van der Waals surface area contributed by atoms with Crippen LogP contribution in [0.5, 0.6) is 0 Å². The van der Waals surface area contributed by atoms with Crippen molar-refractivity contribution >= 4 is 27.3 Å². The highest BCUT2D eigenvalue weighted by Gasteiger charge is 2.53. The van der Waals surface area contributed by atoms with E-state index in [1.165, 1.54) is 49.9 Å². The molecule has 7 heteroatoms. The van der Waals surface area contributed by atoms with Crippen LogP contribution in [0.4, 0.5) is 0 Å². The predicted octanol–water partition coefficient (Wildman–Crippen LogP) is 3.87. The van der Waals surface area contributed by atoms with Gasteiger partial charge in [0.05, 0.1) is 0 Å². The van der Waals surface area contributed by atoms with Crippen molar-refractivity contribution in [3.63, 3.8) is 0 Å². The Hall–Kier alpha value is -0.920. The molecule has 1 N–H and O–H groups in total. The van der Waals surface area contributed by atoms with Gasteiger partial charge in [0.2, 0.25) is 5.91 Å². The number of thiophene rings is 1. The molecule has 0 aromatic carbocycles. The van der Waals surface area contributed by atoms with Crippen LogP contribution in [0.15, 0.2) is 21.7 Å². The van der Waals surface area contributed by atoms with Gasteiger partial charge in [0.15, 0.2) is 0 Å². The van der Waals surface area contributed by atoms with Crippen molar-refractivity contribution in [1.29, 1.82) is 0 Å². The summed E-state index contributed by atoms with van der Waals surface area (Å²) in [6.07, 6.45) is 9.34. The number of amides is 1. The monoisotopic (exact) mass is 436 g/mol. The van der Waals surface area contributed by atoms with Gasteiger partial charge in [-0.1, -0.05) is 6.07 Å². The number of carbonyl (C=O) groups excluding carboxylic acids is 1. The fourth-order valence-corrected chi connectivity index (χ4v) is 9.70. The first-order chi connectivity index (χ1) is 13.9. The fourth-order valence-electron chi connectivity index (χ4n) is 7.09. The van der Waals surface area contributed by atoms with E-state index in [1.54, 1.807) is 21.8 Å². The smallest absolute Gasteiger partial charge is 0.252 e. The number of rotatable bonds is 5. The number of nitrogens with one attached hydrogen (secondary N) is 1. The summed E-state index contributed by atoms with van der Waals surface area (Å²) in [4.78, 5) is 13.0. The van der Waals surface area contributed by atoms with Crippen molar-refractivity contribution in [2.45, 2.75) is 68.5 Å². The largest absolute Gasteiger partial charge is 0.353 e. The molecule has 29 heavy (non-hydrogen) atoms. The molecule has 0 spiro atoms. The number of sulfonamides is 1. The molecule has 4 saturated carbocycles. The van der Waals surface area contributed by atoms with Crippen LogP contribution in [-0.2, 0) is 14.8 Å². The van der Waals surface area contributed by atoms with Gasteiger partial charge in [0.25, 0.3) is 10.0 Å². The SMILES string of the molecule is CC(NC(=O)C1CCN(S(=O)(=O)c2cccs2)CC1)C12CC3CC(CC(C3)C1)C2. The molecule has 4 aliphatic carbocycles. The molecule has 6 rings (SSSR count). The summed E-state index contributed by atoms with van der Waals surface area (Å²) in [5, 5.41) is 5.17. The maximum absolute atomic E-state index is 13.0. The van der Waals surface area contributed by atoms with Gasteiger partial charge in [-0.2, -0.15) is 4.31 Å². The lowest BCUT2D eigenvalue weighted by Gasteiger charge is -2.59. The molecule has 160 valence electrons. The average Bonchev–Trinajstić information content (AvgIpc) is 3.23. The number of piperidine rings is 1. The molecule has 5 aliphatic rings. The summed E-state index contributed by atoms with van der Waals surface area (Å²) >= 11 is 1.26. The summed E-state index contributed by atoms with van der Waals surface area (Å²) in [5.41, 5.74) is 0.313. The van der Waals surface area contributed by atoms with Gasteiger partial charge < -0.3 is 5.32 Å². The number of nitrogens with zero attached hydrogens (tertiary/aromatic N) is 1. The van der Waals surface area contributed by atoms with Gasteiger partial charge in [-0.15, -0.1) is 11.3 Å². The Morgan fingerprint density at radius 1 is 1.14 bits per heavy atom. The highest BCUT2D eigenvalue weighted by Crippen LogP contribution is 2.61. The van der Waals surface area contributed by atoms with Crippen molar-refractivity contribution in [3.05, 3.63) is 17.5 Å². The highest BCUT2D eigenvalue weighted by molar-refractivity contribution is 7.91. The van der Waals surface area contributed by atoms with Crippen molar-refractivity contribution in [2.75, 3.05) is 13.1 Å². The van der Waals surface area contributed by atoms with E-state index < -0.39 is 10.0 Å². The second kappa shape index (κ2) is 7.34. The van der Waals surface area contributed by atoms with Crippen LogP contribution in [0.2, 0.25) is 0 Å². The van der Waals surface area contributed by atoms with Crippen LogP contribution in [0.25, 0.3) is 0 Å². The Bertz CT molecular complexity index is 821. The Labute approximate surface area is 178 Å². The normalized spacial score (nSPS) is 36.2. The van der Waals surface area contributed by atoms with E-state index in [4.69, 9.17) is 0 Å². The number of hydrogen-bond acceptors (Lipinski definition) is 4. The van der Waals surface area contributed by atoms with Gasteiger partial charge in [0, 0.05) is 25.0 Å². The van der Waals surface area contributed by atoms with Crippen LogP contribution < -0.4 is 5.32 Å². The lowest BCUT2D eigenvalue weighted by atomic mass is 9.48. The summed E-state index contributed by atoms with van der Waals surface area (Å²) in [6.45, 7) is 3.09. The van der Waals surface area contributed by atoms with Crippen molar-refractivity contribution < 1.29 is 13.2 Å². The lowest BCUT2D eigenvalue weighted by molar-refractivity contribution is -0.130. The van der Waals surface area contributed by atoms with Crippen LogP contribution in [-0.4, -0.2) is 37.8 Å². The molecule has 5 nitrogen and oxygen atoms in total. The molecule has 2 heterocycles. The third-order valence-corrected chi connectivity index (χ3v) is 11.5. The van der Waals surface area contributed by atoms with Gasteiger partial charge in [-0.25, -0.2) is 8.42 Å². The second-order valence-electron chi connectivity index (χ2n) is 10.1. The predicted molar refractivity (Wildman–Crippen MR) is 114 cm³/mol. The van der Waals surface area contributed by atoms with Crippen molar-refractivity contribution in [3.8, 4) is 0 Å². The Morgan fingerprint density at radius 3 is 2.24 bits per heavy atom. The van der Waals surface area contributed by atoms with E-state index in [-0.39, 0.29) is 17.9 Å². The van der Waals surface area contributed by atoms with E-state index in [0.29, 0.717) is 35.6 Å². The standard InChI is InChI=1S/C22H32N2O3S2/c1-15(22-12-16-9-17(13-22)11-18(10-16)14-22)23-21(25)19-4-6-24(7-5-19)29(26,27)20-3-2-8-28-20/h2-3,8,15-19H,4-7,9-14H2,1H3,(H,23,25). The molecule has 1 amide bonds. The molecular formula is C22H32N2O3S2. The zero-order valence-electron chi connectivity index (χ0n) is 17.2. The van der Waals surface area contributed by atoms with Crippen LogP contribution in [0.1, 0.15) is 58.3 Å².